The van der Waals surface area contributed by atoms with Gasteiger partial charge in [-0.3, -0.25) is 0 Å². The van der Waals surface area contributed by atoms with E-state index in [2.05, 4.69) is 20.7 Å². The van der Waals surface area contributed by atoms with Crippen LogP contribution in [-0.4, -0.2) is 32.8 Å². The summed E-state index contributed by atoms with van der Waals surface area (Å²) in [5.74, 6) is 0.594. The Morgan fingerprint density at radius 2 is 1.84 bits per heavy atom. The van der Waals surface area contributed by atoms with Crippen LogP contribution in [0.2, 0.25) is 0 Å². The molecule has 1 heterocycles. The highest BCUT2D eigenvalue weighted by molar-refractivity contribution is 5.67. The summed E-state index contributed by atoms with van der Waals surface area (Å²) in [6, 6.07) is 17.5. The SMILES string of the molecule is Cn1nnc(-c2ccc(CCNC(=O)OCc3ccccc3)cc2)n1. The number of aryl methyl sites for hydroxylation is 1. The Hall–Kier alpha value is -3.22. The minimum absolute atomic E-state index is 0.270. The van der Waals surface area contributed by atoms with Gasteiger partial charge in [-0.1, -0.05) is 54.6 Å². The molecular formula is C18H19N5O2. The number of hydrogen-bond acceptors (Lipinski definition) is 5. The number of amides is 1. The monoisotopic (exact) mass is 337 g/mol. The lowest BCUT2D eigenvalue weighted by Gasteiger charge is -2.07. The van der Waals surface area contributed by atoms with E-state index in [9.17, 15) is 4.79 Å². The third-order valence-electron chi connectivity index (χ3n) is 3.62. The van der Waals surface area contributed by atoms with E-state index in [1.165, 1.54) is 4.80 Å². The van der Waals surface area contributed by atoms with Crippen LogP contribution in [0.5, 0.6) is 0 Å². The second kappa shape index (κ2) is 8.05. The Bertz CT molecular complexity index is 815. The van der Waals surface area contributed by atoms with Crippen molar-refractivity contribution in [2.24, 2.45) is 7.05 Å². The minimum atomic E-state index is -0.413. The van der Waals surface area contributed by atoms with Crippen LogP contribution in [0.3, 0.4) is 0 Å². The van der Waals surface area contributed by atoms with Crippen molar-refractivity contribution in [1.29, 1.82) is 0 Å². The van der Waals surface area contributed by atoms with Crippen molar-refractivity contribution in [3.63, 3.8) is 0 Å². The molecule has 1 aromatic heterocycles. The van der Waals surface area contributed by atoms with Gasteiger partial charge in [0.25, 0.3) is 0 Å². The largest absolute Gasteiger partial charge is 0.445 e. The standard InChI is InChI=1S/C18H19N5O2/c1-23-21-17(20-22-23)16-9-7-14(8-10-16)11-12-19-18(24)25-13-15-5-3-2-4-6-15/h2-10H,11-13H2,1H3,(H,19,24). The molecule has 0 saturated carbocycles. The molecule has 7 heteroatoms. The van der Waals surface area contributed by atoms with Gasteiger partial charge >= 0.3 is 6.09 Å². The van der Waals surface area contributed by atoms with E-state index in [-0.39, 0.29) is 6.61 Å². The third kappa shape index (κ3) is 4.87. The first kappa shape index (κ1) is 16.6. The van der Waals surface area contributed by atoms with Crippen LogP contribution in [0.25, 0.3) is 11.4 Å². The molecule has 0 aliphatic carbocycles. The number of benzene rings is 2. The number of tetrazole rings is 1. The second-order valence-corrected chi connectivity index (χ2v) is 5.54. The number of rotatable bonds is 6. The second-order valence-electron chi connectivity index (χ2n) is 5.54. The molecule has 0 fully saturated rings. The van der Waals surface area contributed by atoms with Gasteiger partial charge in [0.15, 0.2) is 0 Å². The molecule has 1 amide bonds. The van der Waals surface area contributed by atoms with Gasteiger partial charge in [-0.2, -0.15) is 4.80 Å². The van der Waals surface area contributed by atoms with E-state index in [4.69, 9.17) is 4.74 Å². The van der Waals surface area contributed by atoms with E-state index in [1.807, 2.05) is 54.6 Å². The topological polar surface area (TPSA) is 81.9 Å². The van der Waals surface area contributed by atoms with Crippen molar-refractivity contribution in [3.8, 4) is 11.4 Å². The number of aromatic nitrogens is 4. The predicted octanol–water partition coefficient (Wildman–Crippen LogP) is 2.35. The molecule has 0 radical (unpaired) electrons. The Kier molecular flexibility index (Phi) is 5.36. The highest BCUT2D eigenvalue weighted by atomic mass is 16.5. The fraction of sp³-hybridized carbons (Fsp3) is 0.222. The van der Waals surface area contributed by atoms with Crippen LogP contribution in [0.1, 0.15) is 11.1 Å². The molecule has 7 nitrogen and oxygen atoms in total. The normalized spacial score (nSPS) is 10.4. The summed E-state index contributed by atoms with van der Waals surface area (Å²) in [5.41, 5.74) is 2.98. The van der Waals surface area contributed by atoms with Crippen molar-refractivity contribution in [3.05, 3.63) is 65.7 Å². The predicted molar refractivity (Wildman–Crippen MR) is 92.6 cm³/mol. The smallest absolute Gasteiger partial charge is 0.407 e. The molecule has 128 valence electrons. The molecule has 0 spiro atoms. The van der Waals surface area contributed by atoms with Crippen LogP contribution in [0, 0.1) is 0 Å². The third-order valence-corrected chi connectivity index (χ3v) is 3.62. The van der Waals surface area contributed by atoms with Gasteiger partial charge in [-0.15, -0.1) is 10.2 Å². The zero-order valence-corrected chi connectivity index (χ0v) is 13.9. The number of nitrogens with zero attached hydrogens (tertiary/aromatic N) is 4. The summed E-state index contributed by atoms with van der Waals surface area (Å²) in [7, 11) is 1.73. The fourth-order valence-corrected chi connectivity index (χ4v) is 2.30. The van der Waals surface area contributed by atoms with E-state index in [1.54, 1.807) is 7.05 Å². The highest BCUT2D eigenvalue weighted by Gasteiger charge is 2.05. The van der Waals surface area contributed by atoms with Gasteiger partial charge in [0.05, 0.1) is 7.05 Å². The average Bonchev–Trinajstić information content (AvgIpc) is 3.08. The van der Waals surface area contributed by atoms with E-state index < -0.39 is 6.09 Å². The Morgan fingerprint density at radius 1 is 1.08 bits per heavy atom. The summed E-state index contributed by atoms with van der Waals surface area (Å²) in [6.45, 7) is 0.781. The zero-order chi connectivity index (χ0) is 17.5. The van der Waals surface area contributed by atoms with E-state index in [0.29, 0.717) is 18.8 Å². The molecule has 2 aromatic carbocycles. The van der Waals surface area contributed by atoms with E-state index in [0.717, 1.165) is 16.7 Å². The Labute approximate surface area is 145 Å². The van der Waals surface area contributed by atoms with Gasteiger partial charge in [-0.05, 0) is 22.8 Å². The molecule has 0 aliphatic rings. The summed E-state index contributed by atoms with van der Waals surface area (Å²) >= 11 is 0. The van der Waals surface area contributed by atoms with Crippen molar-refractivity contribution in [2.75, 3.05) is 6.54 Å². The summed E-state index contributed by atoms with van der Waals surface area (Å²) in [6.07, 6.45) is 0.304. The number of carbonyl (C=O) groups excluding carboxylic acids is 1. The lowest BCUT2D eigenvalue weighted by atomic mass is 10.1. The molecule has 0 bridgehead atoms. The molecule has 0 atom stereocenters. The molecule has 0 saturated heterocycles. The lowest BCUT2D eigenvalue weighted by molar-refractivity contribution is 0.140. The molecule has 1 N–H and O–H groups in total. The quantitative estimate of drug-likeness (QED) is 0.746. The minimum Gasteiger partial charge on any atom is -0.445 e. The number of nitrogens with one attached hydrogen (secondary N) is 1. The number of ether oxygens (including phenoxy) is 1. The zero-order valence-electron chi connectivity index (χ0n) is 13.9. The molecule has 3 aromatic rings. The number of carbonyl (C=O) groups is 1. The van der Waals surface area contributed by atoms with Crippen LogP contribution < -0.4 is 5.32 Å². The molecule has 3 rings (SSSR count). The Morgan fingerprint density at radius 3 is 2.52 bits per heavy atom. The molecule has 0 unspecified atom stereocenters. The maximum Gasteiger partial charge on any atom is 0.407 e. The van der Waals surface area contributed by atoms with Gasteiger partial charge in [0.2, 0.25) is 5.82 Å². The number of alkyl carbamates (subject to hydrolysis) is 1. The summed E-state index contributed by atoms with van der Waals surface area (Å²) in [5, 5.41) is 14.7. The fourth-order valence-electron chi connectivity index (χ4n) is 2.30. The van der Waals surface area contributed by atoms with Gasteiger partial charge in [0.1, 0.15) is 6.61 Å². The number of hydrogen-bond donors (Lipinski definition) is 1. The first-order valence-electron chi connectivity index (χ1n) is 7.98. The first-order valence-corrected chi connectivity index (χ1v) is 7.98. The van der Waals surface area contributed by atoms with Crippen molar-refractivity contribution >= 4 is 6.09 Å². The Balaban J connectivity index is 1.42. The van der Waals surface area contributed by atoms with Gasteiger partial charge < -0.3 is 10.1 Å². The van der Waals surface area contributed by atoms with Crippen LogP contribution in [0.15, 0.2) is 54.6 Å². The first-order chi connectivity index (χ1) is 12.2. The van der Waals surface area contributed by atoms with Crippen LogP contribution >= 0.6 is 0 Å². The van der Waals surface area contributed by atoms with Gasteiger partial charge in [0, 0.05) is 12.1 Å². The van der Waals surface area contributed by atoms with Crippen LogP contribution in [0.4, 0.5) is 4.79 Å². The maximum absolute atomic E-state index is 11.7. The molecule has 0 aliphatic heterocycles. The van der Waals surface area contributed by atoms with Gasteiger partial charge in [-0.25, -0.2) is 4.79 Å². The van der Waals surface area contributed by atoms with E-state index >= 15 is 0 Å². The molecule has 25 heavy (non-hydrogen) atoms. The summed E-state index contributed by atoms with van der Waals surface area (Å²) in [4.78, 5) is 13.1. The van der Waals surface area contributed by atoms with Crippen LogP contribution in [-0.2, 0) is 24.8 Å². The maximum atomic E-state index is 11.7. The lowest BCUT2D eigenvalue weighted by Crippen LogP contribution is -2.26. The molecular weight excluding hydrogens is 318 g/mol. The van der Waals surface area contributed by atoms with Crippen molar-refractivity contribution < 1.29 is 9.53 Å². The van der Waals surface area contributed by atoms with Crippen molar-refractivity contribution in [2.45, 2.75) is 13.0 Å². The highest BCUT2D eigenvalue weighted by Crippen LogP contribution is 2.14. The average molecular weight is 337 g/mol. The van der Waals surface area contributed by atoms with Crippen molar-refractivity contribution in [1.82, 2.24) is 25.5 Å². The summed E-state index contributed by atoms with van der Waals surface area (Å²) < 4.78 is 5.17.